The Morgan fingerprint density at radius 1 is 1.39 bits per heavy atom. The smallest absolute Gasteiger partial charge is 0.318 e. The standard InChI is InChI=1S/C12H16N4O2/c1-13-11(17)10-6-9-8(4-3-5-15-9)7-16(10)12(18)14-2/h3-5,10H,6-7H2,1-2H3,(H,13,17)(H,14,18). The Labute approximate surface area is 105 Å². The van der Waals surface area contributed by atoms with Crippen LogP contribution in [0.25, 0.3) is 0 Å². The third-order valence-electron chi connectivity index (χ3n) is 3.11. The average Bonchev–Trinajstić information content (AvgIpc) is 2.44. The summed E-state index contributed by atoms with van der Waals surface area (Å²) < 4.78 is 0. The van der Waals surface area contributed by atoms with Gasteiger partial charge in [0.15, 0.2) is 0 Å². The zero-order chi connectivity index (χ0) is 13.1. The van der Waals surface area contributed by atoms with Crippen LogP contribution in [0.2, 0.25) is 0 Å². The van der Waals surface area contributed by atoms with Gasteiger partial charge in [0.05, 0.1) is 6.54 Å². The minimum Gasteiger partial charge on any atom is -0.357 e. The van der Waals surface area contributed by atoms with E-state index in [0.717, 1.165) is 11.3 Å². The molecular weight excluding hydrogens is 232 g/mol. The van der Waals surface area contributed by atoms with Crippen LogP contribution in [-0.4, -0.2) is 42.0 Å². The van der Waals surface area contributed by atoms with Crippen LogP contribution >= 0.6 is 0 Å². The van der Waals surface area contributed by atoms with Crippen LogP contribution in [0.3, 0.4) is 0 Å². The van der Waals surface area contributed by atoms with Gasteiger partial charge < -0.3 is 15.5 Å². The van der Waals surface area contributed by atoms with Gasteiger partial charge in [-0.15, -0.1) is 0 Å². The van der Waals surface area contributed by atoms with Crippen LogP contribution < -0.4 is 10.6 Å². The predicted molar refractivity (Wildman–Crippen MR) is 65.8 cm³/mol. The predicted octanol–water partition coefficient (Wildman–Crippen LogP) is -0.106. The van der Waals surface area contributed by atoms with E-state index in [1.807, 2.05) is 12.1 Å². The maximum atomic E-state index is 11.8. The Morgan fingerprint density at radius 3 is 2.83 bits per heavy atom. The van der Waals surface area contributed by atoms with Crippen molar-refractivity contribution in [3.63, 3.8) is 0 Å². The summed E-state index contributed by atoms with van der Waals surface area (Å²) in [5.74, 6) is -0.171. The molecule has 3 amide bonds. The summed E-state index contributed by atoms with van der Waals surface area (Å²) in [6, 6.07) is 3.01. The van der Waals surface area contributed by atoms with Gasteiger partial charge in [-0.25, -0.2) is 4.79 Å². The Bertz CT molecular complexity index is 432. The first-order valence-corrected chi connectivity index (χ1v) is 5.80. The molecule has 18 heavy (non-hydrogen) atoms. The van der Waals surface area contributed by atoms with Gasteiger partial charge in [-0.2, -0.15) is 0 Å². The summed E-state index contributed by atoms with van der Waals surface area (Å²) >= 11 is 0. The minimum absolute atomic E-state index is 0.171. The lowest BCUT2D eigenvalue weighted by molar-refractivity contribution is -0.125. The van der Waals surface area contributed by atoms with Gasteiger partial charge in [-0.3, -0.25) is 9.78 Å². The number of carbonyl (C=O) groups excluding carboxylic acids is 2. The first-order chi connectivity index (χ1) is 8.67. The largest absolute Gasteiger partial charge is 0.357 e. The molecule has 0 radical (unpaired) electrons. The number of hydrogen-bond acceptors (Lipinski definition) is 3. The third-order valence-corrected chi connectivity index (χ3v) is 3.11. The zero-order valence-corrected chi connectivity index (χ0v) is 10.4. The fourth-order valence-corrected chi connectivity index (χ4v) is 2.14. The molecule has 2 rings (SSSR count). The van der Waals surface area contributed by atoms with Gasteiger partial charge in [0.25, 0.3) is 0 Å². The summed E-state index contributed by atoms with van der Waals surface area (Å²) in [5.41, 5.74) is 1.87. The molecule has 6 nitrogen and oxygen atoms in total. The number of pyridine rings is 1. The Hall–Kier alpha value is -2.11. The number of rotatable bonds is 1. The van der Waals surface area contributed by atoms with Crippen molar-refractivity contribution in [1.29, 1.82) is 0 Å². The average molecular weight is 248 g/mol. The molecule has 0 spiro atoms. The van der Waals surface area contributed by atoms with Crippen molar-refractivity contribution in [2.45, 2.75) is 19.0 Å². The number of nitrogens with zero attached hydrogens (tertiary/aromatic N) is 2. The van der Waals surface area contributed by atoms with Crippen LogP contribution in [-0.2, 0) is 17.8 Å². The van der Waals surface area contributed by atoms with Crippen molar-refractivity contribution < 1.29 is 9.59 Å². The van der Waals surface area contributed by atoms with E-state index in [-0.39, 0.29) is 11.9 Å². The molecule has 96 valence electrons. The highest BCUT2D eigenvalue weighted by atomic mass is 16.2. The Morgan fingerprint density at radius 2 is 2.17 bits per heavy atom. The lowest BCUT2D eigenvalue weighted by Gasteiger charge is -2.34. The molecule has 0 bridgehead atoms. The summed E-state index contributed by atoms with van der Waals surface area (Å²) in [6.07, 6.45) is 2.15. The van der Waals surface area contributed by atoms with Crippen molar-refractivity contribution in [2.75, 3.05) is 14.1 Å². The summed E-state index contributed by atoms with van der Waals surface area (Å²) in [6.45, 7) is 0.404. The summed E-state index contributed by atoms with van der Waals surface area (Å²) in [7, 11) is 3.13. The zero-order valence-electron chi connectivity index (χ0n) is 10.4. The van der Waals surface area contributed by atoms with E-state index in [1.54, 1.807) is 20.3 Å². The van der Waals surface area contributed by atoms with E-state index in [4.69, 9.17) is 0 Å². The monoisotopic (exact) mass is 248 g/mol. The van der Waals surface area contributed by atoms with Crippen LogP contribution in [0.4, 0.5) is 4.79 Å². The van der Waals surface area contributed by atoms with E-state index < -0.39 is 6.04 Å². The molecule has 0 saturated heterocycles. The first kappa shape index (κ1) is 12.3. The van der Waals surface area contributed by atoms with Crippen molar-refractivity contribution in [2.24, 2.45) is 0 Å². The van der Waals surface area contributed by atoms with E-state index in [2.05, 4.69) is 15.6 Å². The summed E-state index contributed by atoms with van der Waals surface area (Å²) in [5, 5.41) is 5.15. The van der Waals surface area contributed by atoms with Crippen LogP contribution in [0.5, 0.6) is 0 Å². The van der Waals surface area contributed by atoms with E-state index in [0.29, 0.717) is 13.0 Å². The van der Waals surface area contributed by atoms with Gasteiger partial charge in [0, 0.05) is 32.4 Å². The Balaban J connectivity index is 2.33. The maximum absolute atomic E-state index is 11.8. The van der Waals surface area contributed by atoms with Crippen molar-refractivity contribution >= 4 is 11.9 Å². The van der Waals surface area contributed by atoms with Crippen molar-refractivity contribution in [3.8, 4) is 0 Å². The molecule has 1 unspecified atom stereocenters. The molecule has 2 heterocycles. The molecule has 2 N–H and O–H groups in total. The first-order valence-electron chi connectivity index (χ1n) is 5.80. The molecule has 1 aliphatic heterocycles. The number of aromatic nitrogens is 1. The van der Waals surface area contributed by atoms with E-state index in [1.165, 1.54) is 4.90 Å². The van der Waals surface area contributed by atoms with Gasteiger partial charge in [0.2, 0.25) is 5.91 Å². The molecule has 1 aromatic heterocycles. The molecule has 0 fully saturated rings. The number of fused-ring (bicyclic) bond motifs is 1. The minimum atomic E-state index is -0.502. The number of likely N-dealkylation sites (N-methyl/N-ethyl adjacent to an activating group) is 1. The number of nitrogens with one attached hydrogen (secondary N) is 2. The molecule has 1 aliphatic rings. The molecule has 1 atom stereocenters. The highest BCUT2D eigenvalue weighted by Gasteiger charge is 2.34. The molecule has 0 aromatic carbocycles. The normalized spacial score (nSPS) is 17.9. The number of hydrogen-bond donors (Lipinski definition) is 2. The topological polar surface area (TPSA) is 74.3 Å². The second-order valence-corrected chi connectivity index (χ2v) is 4.13. The molecular formula is C12H16N4O2. The summed E-state index contributed by atoms with van der Waals surface area (Å²) in [4.78, 5) is 29.5. The Kier molecular flexibility index (Phi) is 3.45. The van der Waals surface area contributed by atoms with E-state index in [9.17, 15) is 9.59 Å². The second kappa shape index (κ2) is 5.03. The number of carbonyl (C=O) groups is 2. The quantitative estimate of drug-likeness (QED) is 0.728. The SMILES string of the molecule is CNC(=O)C1Cc2ncccc2CN1C(=O)NC. The van der Waals surface area contributed by atoms with E-state index >= 15 is 0 Å². The maximum Gasteiger partial charge on any atom is 0.318 e. The van der Waals surface area contributed by atoms with Gasteiger partial charge in [0.1, 0.15) is 6.04 Å². The lowest BCUT2D eigenvalue weighted by Crippen LogP contribution is -2.54. The van der Waals surface area contributed by atoms with Gasteiger partial charge >= 0.3 is 6.03 Å². The van der Waals surface area contributed by atoms with Crippen LogP contribution in [0, 0.1) is 0 Å². The molecule has 6 heteroatoms. The highest BCUT2D eigenvalue weighted by Crippen LogP contribution is 2.21. The molecule has 0 aliphatic carbocycles. The number of amides is 3. The van der Waals surface area contributed by atoms with Crippen molar-refractivity contribution in [1.82, 2.24) is 20.5 Å². The fraction of sp³-hybridized carbons (Fsp3) is 0.417. The van der Waals surface area contributed by atoms with Crippen LogP contribution in [0.1, 0.15) is 11.3 Å². The van der Waals surface area contributed by atoms with Crippen molar-refractivity contribution in [3.05, 3.63) is 29.6 Å². The number of urea groups is 1. The lowest BCUT2D eigenvalue weighted by atomic mass is 9.98. The van der Waals surface area contributed by atoms with Gasteiger partial charge in [-0.05, 0) is 11.6 Å². The van der Waals surface area contributed by atoms with Crippen LogP contribution in [0.15, 0.2) is 18.3 Å². The third kappa shape index (κ3) is 2.13. The molecule has 1 aromatic rings. The van der Waals surface area contributed by atoms with Gasteiger partial charge in [-0.1, -0.05) is 6.07 Å². The fourth-order valence-electron chi connectivity index (χ4n) is 2.14. The molecule has 0 saturated carbocycles. The second-order valence-electron chi connectivity index (χ2n) is 4.13. The highest BCUT2D eigenvalue weighted by molar-refractivity contribution is 5.87.